The maximum atomic E-state index is 12.0. The van der Waals surface area contributed by atoms with Gasteiger partial charge in [0.2, 0.25) is 10.7 Å². The molecule has 26 heavy (non-hydrogen) atoms. The van der Waals surface area contributed by atoms with Crippen LogP contribution in [0.3, 0.4) is 0 Å². The van der Waals surface area contributed by atoms with Crippen molar-refractivity contribution in [2.75, 3.05) is 6.54 Å². The van der Waals surface area contributed by atoms with E-state index in [0.29, 0.717) is 15.4 Å². The zero-order valence-corrected chi connectivity index (χ0v) is 15.6. The molecule has 1 aromatic heterocycles. The first-order valence-electron chi connectivity index (χ1n) is 7.96. The molecular formula is C18H17ClN4O2S. The van der Waals surface area contributed by atoms with Crippen LogP contribution in [0.2, 0.25) is 5.02 Å². The van der Waals surface area contributed by atoms with Crippen LogP contribution < -0.4 is 15.5 Å². The minimum Gasteiger partial charge on any atom is -0.351 e. The molecule has 2 N–H and O–H groups in total. The van der Waals surface area contributed by atoms with Gasteiger partial charge in [0.15, 0.2) is 0 Å². The number of aryl methyl sites for hydroxylation is 1. The number of rotatable bonds is 5. The summed E-state index contributed by atoms with van der Waals surface area (Å²) in [5.74, 6) is -0.585. The number of thiazole rings is 1. The van der Waals surface area contributed by atoms with Gasteiger partial charge in [0.1, 0.15) is 0 Å². The molecule has 0 saturated carbocycles. The highest BCUT2D eigenvalue weighted by molar-refractivity contribution is 7.16. The first-order chi connectivity index (χ1) is 12.6. The van der Waals surface area contributed by atoms with Gasteiger partial charge in [-0.15, -0.1) is 5.10 Å². The van der Waals surface area contributed by atoms with Gasteiger partial charge in [0, 0.05) is 20.0 Å². The fourth-order valence-electron chi connectivity index (χ4n) is 2.38. The number of hydrogen-bond acceptors (Lipinski definition) is 4. The lowest BCUT2D eigenvalue weighted by molar-refractivity contribution is -0.121. The van der Waals surface area contributed by atoms with Crippen LogP contribution in [0.25, 0.3) is 10.2 Å². The molecule has 0 saturated heterocycles. The Morgan fingerprint density at radius 1 is 1.15 bits per heavy atom. The molecule has 3 aromatic rings. The molecule has 3 rings (SSSR count). The second-order valence-electron chi connectivity index (χ2n) is 5.54. The lowest BCUT2D eigenvalue weighted by Crippen LogP contribution is -2.30. The third-order valence-electron chi connectivity index (χ3n) is 3.75. The molecule has 0 fully saturated rings. The summed E-state index contributed by atoms with van der Waals surface area (Å²) in [5.41, 5.74) is 3.96. The smallest absolute Gasteiger partial charge is 0.252 e. The topological polar surface area (TPSA) is 75.5 Å². The maximum Gasteiger partial charge on any atom is 0.252 e. The molecular weight excluding hydrogens is 372 g/mol. The second-order valence-corrected chi connectivity index (χ2v) is 6.96. The van der Waals surface area contributed by atoms with Crippen molar-refractivity contribution in [2.45, 2.75) is 6.42 Å². The van der Waals surface area contributed by atoms with Crippen molar-refractivity contribution in [1.29, 1.82) is 0 Å². The minimum atomic E-state index is -0.309. The van der Waals surface area contributed by atoms with Crippen LogP contribution in [0.4, 0.5) is 0 Å². The monoisotopic (exact) mass is 388 g/mol. The zero-order valence-electron chi connectivity index (χ0n) is 14.0. The fourth-order valence-corrected chi connectivity index (χ4v) is 3.59. The van der Waals surface area contributed by atoms with Gasteiger partial charge in [-0.1, -0.05) is 47.2 Å². The van der Waals surface area contributed by atoms with Gasteiger partial charge in [-0.25, -0.2) is 5.43 Å². The quantitative estimate of drug-likeness (QED) is 0.659. The standard InChI is InChI=1S/C18H17ClN4O2S/c1-23-14-8-4-5-9-15(14)26-18(23)22-21-16(24)10-11-20-17(25)12-6-2-3-7-13(12)19/h2-9H,10-11H2,1H3,(H,20,25)(H,21,24)/b22-18+. The predicted molar refractivity (Wildman–Crippen MR) is 103 cm³/mol. The van der Waals surface area contributed by atoms with Crippen LogP contribution >= 0.6 is 22.9 Å². The van der Waals surface area contributed by atoms with E-state index in [2.05, 4.69) is 15.8 Å². The van der Waals surface area contributed by atoms with Crippen LogP contribution in [-0.4, -0.2) is 22.9 Å². The minimum absolute atomic E-state index is 0.119. The molecule has 0 aliphatic rings. The Hall–Kier alpha value is -2.64. The molecule has 0 atom stereocenters. The number of halogens is 1. The molecule has 0 aliphatic carbocycles. The summed E-state index contributed by atoms with van der Waals surface area (Å²) >= 11 is 7.46. The van der Waals surface area contributed by atoms with E-state index < -0.39 is 0 Å². The Morgan fingerprint density at radius 3 is 2.65 bits per heavy atom. The lowest BCUT2D eigenvalue weighted by Gasteiger charge is -2.05. The Labute approximate surface area is 159 Å². The number of nitrogens with zero attached hydrogens (tertiary/aromatic N) is 2. The number of benzene rings is 2. The van der Waals surface area contributed by atoms with Gasteiger partial charge in [-0.05, 0) is 24.3 Å². The number of nitrogens with one attached hydrogen (secondary N) is 2. The Bertz CT molecular complexity index is 1030. The molecule has 8 heteroatoms. The summed E-state index contributed by atoms with van der Waals surface area (Å²) in [5, 5.41) is 7.21. The summed E-state index contributed by atoms with van der Waals surface area (Å²) in [6.45, 7) is 0.198. The van der Waals surface area contributed by atoms with Crippen molar-refractivity contribution < 1.29 is 9.59 Å². The molecule has 0 aliphatic heterocycles. The highest BCUT2D eigenvalue weighted by atomic mass is 35.5. The van der Waals surface area contributed by atoms with Crippen molar-refractivity contribution in [1.82, 2.24) is 15.3 Å². The van der Waals surface area contributed by atoms with E-state index in [-0.39, 0.29) is 24.8 Å². The Kier molecular flexibility index (Phi) is 5.70. The second kappa shape index (κ2) is 8.16. The average Bonchev–Trinajstić information content (AvgIpc) is 2.96. The van der Waals surface area contributed by atoms with Crippen LogP contribution in [0, 0.1) is 0 Å². The third-order valence-corrected chi connectivity index (χ3v) is 5.19. The van der Waals surface area contributed by atoms with Crippen molar-refractivity contribution in [3.63, 3.8) is 0 Å². The normalized spacial score (nSPS) is 11.5. The van der Waals surface area contributed by atoms with E-state index >= 15 is 0 Å². The Morgan fingerprint density at radius 2 is 1.88 bits per heavy atom. The number of hydrogen-bond donors (Lipinski definition) is 2. The lowest BCUT2D eigenvalue weighted by atomic mass is 10.2. The molecule has 0 spiro atoms. The third kappa shape index (κ3) is 4.12. The van der Waals surface area contributed by atoms with Crippen LogP contribution in [0.1, 0.15) is 16.8 Å². The molecule has 2 amide bonds. The molecule has 1 heterocycles. The first kappa shape index (κ1) is 18.2. The SMILES string of the molecule is Cn1/c(=N\NC(=O)CCNC(=O)c2ccccc2Cl)sc2ccccc21. The van der Waals surface area contributed by atoms with Crippen LogP contribution in [-0.2, 0) is 11.8 Å². The van der Waals surface area contributed by atoms with Crippen molar-refractivity contribution in [3.8, 4) is 0 Å². The van der Waals surface area contributed by atoms with Crippen molar-refractivity contribution in [2.24, 2.45) is 12.1 Å². The molecule has 6 nitrogen and oxygen atoms in total. The van der Waals surface area contributed by atoms with E-state index in [0.717, 1.165) is 10.2 Å². The summed E-state index contributed by atoms with van der Waals surface area (Å²) in [4.78, 5) is 24.7. The predicted octanol–water partition coefficient (Wildman–Crippen LogP) is 2.65. The van der Waals surface area contributed by atoms with Gasteiger partial charge < -0.3 is 9.88 Å². The van der Waals surface area contributed by atoms with Gasteiger partial charge >= 0.3 is 0 Å². The molecule has 0 unspecified atom stereocenters. The maximum absolute atomic E-state index is 12.0. The average molecular weight is 389 g/mol. The summed E-state index contributed by atoms with van der Waals surface area (Å²) in [6, 6.07) is 14.7. The van der Waals surface area contributed by atoms with Crippen LogP contribution in [0.15, 0.2) is 53.6 Å². The number of amides is 2. The molecule has 0 bridgehead atoms. The number of aromatic nitrogens is 1. The van der Waals surface area contributed by atoms with Gasteiger partial charge in [-0.2, -0.15) is 0 Å². The number of fused-ring (bicyclic) bond motifs is 1. The van der Waals surface area contributed by atoms with Gasteiger partial charge in [-0.3, -0.25) is 9.59 Å². The number of para-hydroxylation sites is 1. The fraction of sp³-hybridized carbons (Fsp3) is 0.167. The first-order valence-corrected chi connectivity index (χ1v) is 9.15. The highest BCUT2D eigenvalue weighted by Crippen LogP contribution is 2.15. The van der Waals surface area contributed by atoms with Crippen molar-refractivity contribution >= 4 is 45.0 Å². The Balaban J connectivity index is 1.55. The van der Waals surface area contributed by atoms with E-state index in [1.807, 2.05) is 35.9 Å². The summed E-state index contributed by atoms with van der Waals surface area (Å²) in [6.07, 6.45) is 0.119. The highest BCUT2D eigenvalue weighted by Gasteiger charge is 2.09. The largest absolute Gasteiger partial charge is 0.351 e. The van der Waals surface area contributed by atoms with E-state index in [4.69, 9.17) is 11.6 Å². The molecule has 2 aromatic carbocycles. The number of carbonyl (C=O) groups excluding carboxylic acids is 2. The summed E-state index contributed by atoms with van der Waals surface area (Å²) in [7, 11) is 1.90. The van der Waals surface area contributed by atoms with E-state index in [9.17, 15) is 9.59 Å². The van der Waals surface area contributed by atoms with Gasteiger partial charge in [0.25, 0.3) is 5.91 Å². The molecule has 134 valence electrons. The van der Waals surface area contributed by atoms with E-state index in [1.165, 1.54) is 11.3 Å². The van der Waals surface area contributed by atoms with Crippen LogP contribution in [0.5, 0.6) is 0 Å². The van der Waals surface area contributed by atoms with Crippen molar-refractivity contribution in [3.05, 3.63) is 63.9 Å². The molecule has 0 radical (unpaired) electrons. The van der Waals surface area contributed by atoms with Gasteiger partial charge in [0.05, 0.1) is 20.8 Å². The summed E-state index contributed by atoms with van der Waals surface area (Å²) < 4.78 is 3.01. The van der Waals surface area contributed by atoms with E-state index in [1.54, 1.807) is 24.3 Å². The zero-order chi connectivity index (χ0) is 18.5. The number of carbonyl (C=O) groups is 2.